The number of aliphatic hydroxyl groups is 1. The van der Waals surface area contributed by atoms with E-state index in [1.54, 1.807) is 84.9 Å². The van der Waals surface area contributed by atoms with Crippen LogP contribution in [0, 0.1) is 0 Å². The van der Waals surface area contributed by atoms with Crippen molar-refractivity contribution in [3.05, 3.63) is 154 Å². The number of ether oxygens (including phenoxy) is 12. The number of nitrogens with one attached hydrogen (secondary N) is 2. The lowest BCUT2D eigenvalue weighted by Crippen LogP contribution is -2.33. The molecule has 20 heteroatoms. The zero-order valence-corrected chi connectivity index (χ0v) is 42.2. The topological polar surface area (TPSA) is 230 Å². The molecule has 19 nitrogen and oxygen atoms in total. The number of phenols is 2. The minimum absolute atomic E-state index is 0.0278. The van der Waals surface area contributed by atoms with Crippen molar-refractivity contribution in [2.75, 3.05) is 86.2 Å². The lowest BCUT2D eigenvalue weighted by molar-refractivity contribution is -0.185. The molecule has 0 radical (unpaired) electrons. The Hall–Kier alpha value is -8.27. The first-order valence-corrected chi connectivity index (χ1v) is 24.5. The van der Waals surface area contributed by atoms with Gasteiger partial charge in [0.05, 0.1) is 72.1 Å². The van der Waals surface area contributed by atoms with E-state index in [2.05, 4.69) is 10.6 Å². The Labute approximate surface area is 441 Å². The van der Waals surface area contributed by atoms with Gasteiger partial charge in [-0.3, -0.25) is 0 Å². The smallest absolute Gasteiger partial charge is 0.342 e. The maximum Gasteiger partial charge on any atom is 0.342 e. The summed E-state index contributed by atoms with van der Waals surface area (Å²) in [4.78, 5) is 27.2. The van der Waals surface area contributed by atoms with Gasteiger partial charge in [-0.05, 0) is 108 Å². The van der Waals surface area contributed by atoms with Crippen molar-refractivity contribution in [2.45, 2.75) is 17.8 Å². The van der Waals surface area contributed by atoms with Crippen LogP contribution in [0.15, 0.2) is 115 Å². The molecule has 6 aromatic rings. The van der Waals surface area contributed by atoms with Gasteiger partial charge in [0.15, 0.2) is 33.7 Å². The minimum atomic E-state index is -2.13. The molecule has 0 bridgehead atoms. The summed E-state index contributed by atoms with van der Waals surface area (Å²) in [6.07, 6.45) is 0.0405. The lowest BCUT2D eigenvalue weighted by Gasteiger charge is -2.36. The van der Waals surface area contributed by atoms with Gasteiger partial charge in [0, 0.05) is 58.6 Å². The van der Waals surface area contributed by atoms with Crippen LogP contribution in [-0.4, -0.2) is 113 Å². The number of hydrogen-bond acceptors (Lipinski definition) is 18. The number of cyclic esters (lactones) is 1. The highest BCUT2D eigenvalue weighted by molar-refractivity contribution is 7.80. The Morgan fingerprint density at radius 1 is 0.645 bits per heavy atom. The van der Waals surface area contributed by atoms with E-state index in [4.69, 9.17) is 69.1 Å². The lowest BCUT2D eigenvalue weighted by atomic mass is 9.77. The predicted octanol–water partition coefficient (Wildman–Crippen LogP) is 7.23. The fraction of sp³-hybridized carbons (Fsp3) is 0.268. The number of hydrogen-bond donors (Lipinski definition) is 5. The van der Waals surface area contributed by atoms with E-state index in [0.29, 0.717) is 135 Å². The van der Waals surface area contributed by atoms with Crippen molar-refractivity contribution in [3.8, 4) is 57.5 Å². The highest BCUT2D eigenvalue weighted by Crippen LogP contribution is 2.57. The van der Waals surface area contributed by atoms with Gasteiger partial charge >= 0.3 is 11.9 Å². The number of benzene rings is 6. The fourth-order valence-corrected chi connectivity index (χ4v) is 9.71. The molecule has 4 aliphatic rings. The summed E-state index contributed by atoms with van der Waals surface area (Å²) in [5.74, 6) is -0.243. The third kappa shape index (κ3) is 10.0. The first kappa shape index (κ1) is 51.2. The van der Waals surface area contributed by atoms with Crippen molar-refractivity contribution < 1.29 is 81.8 Å². The average Bonchev–Trinajstić information content (AvgIpc) is 4.08. The molecule has 0 saturated heterocycles. The van der Waals surface area contributed by atoms with Gasteiger partial charge in [0.25, 0.3) is 5.79 Å². The van der Waals surface area contributed by atoms with Crippen LogP contribution in [0.3, 0.4) is 0 Å². The van der Waals surface area contributed by atoms with E-state index in [-0.39, 0.29) is 49.1 Å². The third-order valence-electron chi connectivity index (χ3n) is 13.0. The summed E-state index contributed by atoms with van der Waals surface area (Å²) >= 11 is 5.51. The standard InChI is InChI=1S/C56H52N2O17S/c1-64-38-10-5-34(6-11-38)56(63)43(50(53(62)75-56)33-4-15-44-47(27-33)72-31-71-44)24-32-25-48(65-2)51(66-3)49(26-32)70-23-22-69-21-20-68-19-18-67-17-16-57-54(76)58-35-7-12-40-39(28-35)52(61)74-55(40)41-13-8-36(59)29-45(41)73-46-30-37(60)9-14-42(46)55/h4-15,25-30,59-60,63H,16-24,31H2,1-3H3,(H2,57,58,76). The Bertz CT molecular complexity index is 3180. The van der Waals surface area contributed by atoms with Crippen molar-refractivity contribution in [1.29, 1.82) is 0 Å². The molecule has 0 aliphatic carbocycles. The number of methoxy groups -OCH3 is 3. The van der Waals surface area contributed by atoms with Gasteiger partial charge in [0.2, 0.25) is 12.5 Å². The SMILES string of the molecule is COc1ccc(C2(O)OC(=O)C(c3ccc4c(c3)OCO4)=C2Cc2cc(OC)c(OC)c(OCCOCCOCCOCCNC(=S)Nc3ccc4c(c3)C(=O)OC43c4ccc(O)cc4Oc4cc(O)ccc43)c2)cc1. The van der Waals surface area contributed by atoms with E-state index in [1.165, 1.54) is 45.6 Å². The summed E-state index contributed by atoms with van der Waals surface area (Å²) in [6.45, 7) is 2.44. The molecule has 0 fully saturated rings. The van der Waals surface area contributed by atoms with Gasteiger partial charge in [-0.25, -0.2) is 9.59 Å². The second-order valence-electron chi connectivity index (χ2n) is 17.6. The van der Waals surface area contributed by atoms with E-state index >= 15 is 0 Å². The van der Waals surface area contributed by atoms with Crippen LogP contribution in [-0.2, 0) is 46.3 Å². The van der Waals surface area contributed by atoms with Gasteiger partial charge in [-0.2, -0.15) is 0 Å². The molecule has 1 spiro atoms. The number of aromatic hydroxyl groups is 2. The molecule has 1 atom stereocenters. The molecule has 0 amide bonds. The highest BCUT2D eigenvalue weighted by Gasteiger charge is 2.54. The maximum absolute atomic E-state index is 13.7. The minimum Gasteiger partial charge on any atom is -0.508 e. The number of esters is 2. The largest absolute Gasteiger partial charge is 0.508 e. The molecule has 76 heavy (non-hydrogen) atoms. The van der Waals surface area contributed by atoms with Crippen molar-refractivity contribution in [1.82, 2.24) is 5.32 Å². The maximum atomic E-state index is 13.7. The highest BCUT2D eigenvalue weighted by atomic mass is 32.1. The van der Waals surface area contributed by atoms with Crippen LogP contribution >= 0.6 is 12.2 Å². The Balaban J connectivity index is 0.673. The van der Waals surface area contributed by atoms with E-state index in [1.807, 2.05) is 0 Å². The first-order valence-electron chi connectivity index (χ1n) is 24.0. The molecule has 5 N–H and O–H groups in total. The van der Waals surface area contributed by atoms with Gasteiger partial charge in [0.1, 0.15) is 35.4 Å². The van der Waals surface area contributed by atoms with Crippen molar-refractivity contribution in [3.63, 3.8) is 0 Å². The molecule has 0 aromatic heterocycles. The zero-order chi connectivity index (χ0) is 53.0. The van der Waals surface area contributed by atoms with Gasteiger partial charge in [-0.15, -0.1) is 0 Å². The zero-order valence-electron chi connectivity index (χ0n) is 41.4. The van der Waals surface area contributed by atoms with Gasteiger partial charge < -0.3 is 82.8 Å². The molecule has 10 rings (SSSR count). The second kappa shape index (κ2) is 21.9. The van der Waals surface area contributed by atoms with Gasteiger partial charge in [-0.1, -0.05) is 12.1 Å². The quantitative estimate of drug-likeness (QED) is 0.0272. The number of rotatable bonds is 21. The monoisotopic (exact) mass is 1060 g/mol. The van der Waals surface area contributed by atoms with Crippen LogP contribution in [0.1, 0.15) is 43.7 Å². The molecule has 1 unspecified atom stereocenters. The van der Waals surface area contributed by atoms with Crippen LogP contribution in [0.4, 0.5) is 5.69 Å². The average molecular weight is 1060 g/mol. The van der Waals surface area contributed by atoms with Crippen LogP contribution in [0.25, 0.3) is 5.57 Å². The summed E-state index contributed by atoms with van der Waals surface area (Å²) in [7, 11) is 4.54. The number of thiocarbonyl (C=S) groups is 1. The first-order chi connectivity index (χ1) is 36.9. The third-order valence-corrected chi connectivity index (χ3v) is 13.2. The van der Waals surface area contributed by atoms with E-state index < -0.39 is 23.3 Å². The number of phenolic OH excluding ortho intramolecular Hbond substituents is 2. The van der Waals surface area contributed by atoms with Crippen LogP contribution < -0.4 is 43.8 Å². The fourth-order valence-electron chi connectivity index (χ4n) is 9.49. The summed E-state index contributed by atoms with van der Waals surface area (Å²) in [5.41, 5.74) is 3.03. The molecule has 0 saturated carbocycles. The normalized spacial score (nSPS) is 16.3. The van der Waals surface area contributed by atoms with Crippen LogP contribution in [0.5, 0.6) is 57.5 Å². The number of fused-ring (bicyclic) bond motifs is 7. The number of carbonyl (C=O) groups excluding carboxylic acids is 2. The molecular formula is C56H52N2O17S. The van der Waals surface area contributed by atoms with Crippen LogP contribution in [0.2, 0.25) is 0 Å². The van der Waals surface area contributed by atoms with E-state index in [9.17, 15) is 24.9 Å². The summed E-state index contributed by atoms with van der Waals surface area (Å²) in [6, 6.07) is 29.7. The molecule has 394 valence electrons. The second-order valence-corrected chi connectivity index (χ2v) is 18.0. The number of anilines is 1. The molecule has 6 aromatic carbocycles. The Morgan fingerprint density at radius 2 is 1.30 bits per heavy atom. The summed E-state index contributed by atoms with van der Waals surface area (Å²) in [5, 5.41) is 39.2. The molecule has 4 aliphatic heterocycles. The summed E-state index contributed by atoms with van der Waals surface area (Å²) < 4.78 is 69.1. The Kier molecular flexibility index (Phi) is 14.8. The van der Waals surface area contributed by atoms with Crippen molar-refractivity contribution >= 4 is 40.5 Å². The predicted molar refractivity (Wildman–Crippen MR) is 276 cm³/mol. The van der Waals surface area contributed by atoms with Crippen molar-refractivity contribution in [2.24, 2.45) is 0 Å². The molecule has 4 heterocycles. The van der Waals surface area contributed by atoms with E-state index in [0.717, 1.165) is 0 Å². The Morgan fingerprint density at radius 3 is 1.99 bits per heavy atom. The number of carbonyl (C=O) groups is 2. The molecular weight excluding hydrogens is 1000 g/mol.